The van der Waals surface area contributed by atoms with Gasteiger partial charge in [0, 0.05) is 11.6 Å². The summed E-state index contributed by atoms with van der Waals surface area (Å²) < 4.78 is 10.4. The number of hydrazone groups is 1. The van der Waals surface area contributed by atoms with Gasteiger partial charge in [-0.1, -0.05) is 34.8 Å². The van der Waals surface area contributed by atoms with Crippen molar-refractivity contribution in [3.8, 4) is 11.5 Å². The summed E-state index contributed by atoms with van der Waals surface area (Å²) in [7, 11) is 3.05. The first-order valence-electron chi connectivity index (χ1n) is 6.68. The van der Waals surface area contributed by atoms with Crippen molar-refractivity contribution >= 4 is 52.7 Å². The summed E-state index contributed by atoms with van der Waals surface area (Å²) in [5, 5.41) is 12.6. The van der Waals surface area contributed by atoms with Gasteiger partial charge in [-0.15, -0.1) is 0 Å². The molecule has 2 aromatic rings. The summed E-state index contributed by atoms with van der Waals surface area (Å²) in [6.07, 6.45) is 1.44. The molecule has 0 amide bonds. The first kappa shape index (κ1) is 19.1. The van der Waals surface area contributed by atoms with Crippen molar-refractivity contribution in [3.05, 3.63) is 44.7 Å². The van der Waals surface area contributed by atoms with Gasteiger partial charge in [-0.25, -0.2) is 9.78 Å². The molecule has 2 rings (SSSR count). The SMILES string of the molecule is COc1ccc(/C=N\Nc2c(Cl)c(Cl)nc(C(=O)O)c2Cl)c(OC)c1. The highest BCUT2D eigenvalue weighted by Gasteiger charge is 2.20. The Kier molecular flexibility index (Phi) is 6.30. The number of aromatic nitrogens is 1. The molecule has 0 atom stereocenters. The molecule has 132 valence electrons. The monoisotopic (exact) mass is 403 g/mol. The van der Waals surface area contributed by atoms with Crippen LogP contribution >= 0.6 is 34.8 Å². The van der Waals surface area contributed by atoms with Gasteiger partial charge in [-0.2, -0.15) is 5.10 Å². The molecule has 10 heteroatoms. The van der Waals surface area contributed by atoms with E-state index < -0.39 is 11.7 Å². The van der Waals surface area contributed by atoms with E-state index in [2.05, 4.69) is 15.5 Å². The van der Waals surface area contributed by atoms with Gasteiger partial charge in [0.05, 0.1) is 26.1 Å². The van der Waals surface area contributed by atoms with Crippen molar-refractivity contribution < 1.29 is 19.4 Å². The van der Waals surface area contributed by atoms with Crippen LogP contribution in [0.5, 0.6) is 11.5 Å². The van der Waals surface area contributed by atoms with Crippen LogP contribution in [0.4, 0.5) is 5.69 Å². The van der Waals surface area contributed by atoms with Gasteiger partial charge in [0.25, 0.3) is 0 Å². The van der Waals surface area contributed by atoms with Crippen LogP contribution in [0.25, 0.3) is 0 Å². The summed E-state index contributed by atoms with van der Waals surface area (Å²) >= 11 is 17.8. The van der Waals surface area contributed by atoms with Crippen LogP contribution in [0, 0.1) is 0 Å². The lowest BCUT2D eigenvalue weighted by Crippen LogP contribution is -2.05. The van der Waals surface area contributed by atoms with E-state index in [9.17, 15) is 4.79 Å². The van der Waals surface area contributed by atoms with E-state index in [0.717, 1.165) is 0 Å². The van der Waals surface area contributed by atoms with Crippen molar-refractivity contribution in [3.63, 3.8) is 0 Å². The Labute approximate surface area is 158 Å². The van der Waals surface area contributed by atoms with Crippen molar-refractivity contribution in [2.45, 2.75) is 0 Å². The number of hydrogen-bond acceptors (Lipinski definition) is 6. The van der Waals surface area contributed by atoms with Gasteiger partial charge in [-0.3, -0.25) is 5.43 Å². The van der Waals surface area contributed by atoms with Crippen molar-refractivity contribution in [2.24, 2.45) is 5.10 Å². The molecule has 25 heavy (non-hydrogen) atoms. The maximum Gasteiger partial charge on any atom is 0.356 e. The van der Waals surface area contributed by atoms with Crippen LogP contribution < -0.4 is 14.9 Å². The van der Waals surface area contributed by atoms with E-state index in [1.165, 1.54) is 13.3 Å². The van der Waals surface area contributed by atoms with Crippen LogP contribution in [-0.2, 0) is 0 Å². The third kappa shape index (κ3) is 4.25. The van der Waals surface area contributed by atoms with Gasteiger partial charge in [0.2, 0.25) is 0 Å². The van der Waals surface area contributed by atoms with Crippen LogP contribution in [0.15, 0.2) is 23.3 Å². The Morgan fingerprint density at radius 1 is 1.24 bits per heavy atom. The Hall–Kier alpha value is -2.22. The minimum Gasteiger partial charge on any atom is -0.497 e. The molecule has 1 aromatic heterocycles. The molecule has 0 aliphatic heterocycles. The molecule has 0 fully saturated rings. The van der Waals surface area contributed by atoms with E-state index in [0.29, 0.717) is 17.1 Å². The van der Waals surface area contributed by atoms with Crippen LogP contribution in [0.3, 0.4) is 0 Å². The number of anilines is 1. The fraction of sp³-hybridized carbons (Fsp3) is 0.133. The number of benzene rings is 1. The fourth-order valence-electron chi connectivity index (χ4n) is 1.85. The minimum atomic E-state index is -1.34. The lowest BCUT2D eigenvalue weighted by molar-refractivity contribution is 0.0691. The lowest BCUT2D eigenvalue weighted by Gasteiger charge is -2.10. The number of hydrogen-bond donors (Lipinski definition) is 2. The first-order valence-corrected chi connectivity index (χ1v) is 7.81. The molecule has 0 aliphatic carbocycles. The first-order chi connectivity index (χ1) is 11.9. The van der Waals surface area contributed by atoms with Gasteiger partial charge >= 0.3 is 5.97 Å². The second-order valence-electron chi connectivity index (χ2n) is 4.54. The van der Waals surface area contributed by atoms with Crippen molar-refractivity contribution in [1.82, 2.24) is 4.98 Å². The number of nitrogens with zero attached hydrogens (tertiary/aromatic N) is 2. The van der Waals surface area contributed by atoms with Gasteiger partial charge < -0.3 is 14.6 Å². The number of carbonyl (C=O) groups is 1. The highest BCUT2D eigenvalue weighted by atomic mass is 35.5. The Morgan fingerprint density at radius 2 is 1.96 bits per heavy atom. The standard InChI is InChI=1S/C15H12Cl3N3O4/c1-24-8-4-3-7(9(5-8)25-2)6-19-21-12-10(16)13(15(22)23)20-14(18)11(12)17/h3-6H,1-2H3,(H,20,21)(H,22,23)/b19-6-. The number of methoxy groups -OCH3 is 2. The van der Waals surface area contributed by atoms with E-state index in [1.807, 2.05) is 0 Å². The Bertz CT molecular complexity index is 843. The molecule has 0 bridgehead atoms. The molecular formula is C15H12Cl3N3O4. The second-order valence-corrected chi connectivity index (χ2v) is 5.65. The molecule has 0 spiro atoms. The number of rotatable bonds is 6. The Morgan fingerprint density at radius 3 is 2.56 bits per heavy atom. The second kappa shape index (κ2) is 8.24. The average Bonchev–Trinajstić information content (AvgIpc) is 2.60. The maximum atomic E-state index is 11.1. The molecule has 0 radical (unpaired) electrons. The topological polar surface area (TPSA) is 93.0 Å². The van der Waals surface area contributed by atoms with Crippen molar-refractivity contribution in [1.29, 1.82) is 0 Å². The lowest BCUT2D eigenvalue weighted by atomic mass is 10.2. The van der Waals surface area contributed by atoms with E-state index in [-0.39, 0.29) is 20.9 Å². The molecule has 7 nitrogen and oxygen atoms in total. The highest BCUT2D eigenvalue weighted by molar-refractivity contribution is 6.46. The summed E-state index contributed by atoms with van der Waals surface area (Å²) in [5.74, 6) is -0.187. The summed E-state index contributed by atoms with van der Waals surface area (Å²) in [6, 6.07) is 5.15. The molecule has 1 aromatic carbocycles. The molecule has 0 saturated carbocycles. The summed E-state index contributed by atoms with van der Waals surface area (Å²) in [6.45, 7) is 0. The molecule has 0 saturated heterocycles. The van der Waals surface area contributed by atoms with Gasteiger partial charge in [0.15, 0.2) is 10.8 Å². The Balaban J connectivity index is 2.33. The molecular weight excluding hydrogens is 393 g/mol. The largest absolute Gasteiger partial charge is 0.497 e. The maximum absolute atomic E-state index is 11.1. The molecule has 0 aliphatic rings. The van der Waals surface area contributed by atoms with Gasteiger partial charge in [0.1, 0.15) is 21.5 Å². The van der Waals surface area contributed by atoms with Crippen LogP contribution in [0.1, 0.15) is 16.1 Å². The highest BCUT2D eigenvalue weighted by Crippen LogP contribution is 2.36. The summed E-state index contributed by atoms with van der Waals surface area (Å²) in [4.78, 5) is 14.8. The smallest absolute Gasteiger partial charge is 0.356 e. The number of ether oxygens (including phenoxy) is 2. The third-order valence-electron chi connectivity index (χ3n) is 3.06. The molecule has 0 unspecified atom stereocenters. The van der Waals surface area contributed by atoms with E-state index >= 15 is 0 Å². The van der Waals surface area contributed by atoms with Crippen molar-refractivity contribution in [2.75, 3.05) is 19.6 Å². The normalized spacial score (nSPS) is 10.8. The number of halogens is 3. The molecule has 1 heterocycles. The third-order valence-corrected chi connectivity index (χ3v) is 4.17. The zero-order valence-corrected chi connectivity index (χ0v) is 15.3. The number of nitrogens with one attached hydrogen (secondary N) is 1. The van der Waals surface area contributed by atoms with Gasteiger partial charge in [-0.05, 0) is 12.1 Å². The zero-order valence-electron chi connectivity index (χ0n) is 13.0. The van der Waals surface area contributed by atoms with Crippen LogP contribution in [-0.4, -0.2) is 36.5 Å². The number of carboxylic acids is 1. The molecule has 2 N–H and O–H groups in total. The van der Waals surface area contributed by atoms with E-state index in [4.69, 9.17) is 49.4 Å². The predicted molar refractivity (Wildman–Crippen MR) is 97.0 cm³/mol. The zero-order chi connectivity index (χ0) is 18.6. The number of aromatic carboxylic acids is 1. The fourth-order valence-corrected chi connectivity index (χ4v) is 2.51. The van der Waals surface area contributed by atoms with Crippen LogP contribution in [0.2, 0.25) is 15.2 Å². The quantitative estimate of drug-likeness (QED) is 0.426. The summed E-state index contributed by atoms with van der Waals surface area (Å²) in [5.41, 5.74) is 2.81. The minimum absolute atomic E-state index is 0.0319. The average molecular weight is 405 g/mol. The predicted octanol–water partition coefficient (Wildman–Crippen LogP) is 4.20. The number of pyridine rings is 1. The number of carboxylic acid groups (broad SMARTS) is 1. The van der Waals surface area contributed by atoms with E-state index in [1.54, 1.807) is 25.3 Å².